The lowest BCUT2D eigenvalue weighted by Gasteiger charge is -2.25. The summed E-state index contributed by atoms with van der Waals surface area (Å²) in [6.07, 6.45) is 68.2. The zero-order valence-corrected chi connectivity index (χ0v) is 47.2. The Balaban J connectivity index is 3.95. The molecule has 0 aromatic carbocycles. The smallest absolute Gasteiger partial charge is 0.387 e. The second kappa shape index (κ2) is 51.4. The fourth-order valence-corrected chi connectivity index (χ4v) is 9.32. The van der Waals surface area contributed by atoms with Gasteiger partial charge in [-0.2, -0.15) is 0 Å². The van der Waals surface area contributed by atoms with Crippen LogP contribution in [-0.4, -0.2) is 73.4 Å². The van der Waals surface area contributed by atoms with Crippen molar-refractivity contribution in [2.45, 2.75) is 289 Å². The number of hydrogen-bond acceptors (Lipinski definition) is 5. The van der Waals surface area contributed by atoms with Crippen LogP contribution in [0.3, 0.4) is 0 Å². The molecule has 9 heteroatoms. The lowest BCUT2D eigenvalue weighted by atomic mass is 10.0. The van der Waals surface area contributed by atoms with Crippen molar-refractivity contribution in [2.24, 2.45) is 0 Å². The molecule has 0 aliphatic carbocycles. The number of unbranched alkanes of at least 4 members (excludes halogenated alkanes) is 35. The fourth-order valence-electron chi connectivity index (χ4n) is 8.59. The van der Waals surface area contributed by atoms with Gasteiger partial charge < -0.3 is 19.8 Å². The number of rotatable bonds is 54. The van der Waals surface area contributed by atoms with Crippen molar-refractivity contribution in [1.82, 2.24) is 5.32 Å². The normalized spacial score (nSPS) is 14.2. The van der Waals surface area contributed by atoms with Gasteiger partial charge in [0.1, 0.15) is 13.2 Å². The number of carbonyl (C=O) groups is 1. The molecule has 69 heavy (non-hydrogen) atoms. The summed E-state index contributed by atoms with van der Waals surface area (Å²) in [5.41, 5.74) is 0. The van der Waals surface area contributed by atoms with Crippen molar-refractivity contribution in [3.63, 3.8) is 0 Å². The molecule has 0 saturated heterocycles. The standard InChI is InChI=1S/C60H115N2O6P/c1-6-8-10-12-14-16-18-20-21-22-23-24-25-26-27-28-29-30-31-32-33-34-35-36-37-38-39-40-41-42-44-46-48-50-52-54-60(64)61-58(57-68-69(65,66)67-56-55-62(3,4)5)59(63)53-51-49-47-45-43-19-17-15-13-11-9-7-2/h13,15,28-29,43,45,51,53,58-59,63H,6-12,14,16-27,30-42,44,46-50,52,54-57H2,1-5H3,(H-,61,64,65,66)/p+1/b15-13+,29-28-,45-43+,53-51+. The van der Waals surface area contributed by atoms with E-state index in [2.05, 4.69) is 55.6 Å². The topological polar surface area (TPSA) is 105 Å². The van der Waals surface area contributed by atoms with Crippen molar-refractivity contribution < 1.29 is 32.9 Å². The Morgan fingerprint density at radius 2 is 0.812 bits per heavy atom. The Bertz CT molecular complexity index is 1260. The van der Waals surface area contributed by atoms with Gasteiger partial charge in [-0.05, 0) is 64.2 Å². The summed E-state index contributed by atoms with van der Waals surface area (Å²) in [4.78, 5) is 23.2. The first kappa shape index (κ1) is 67.5. The predicted octanol–water partition coefficient (Wildman–Crippen LogP) is 17.9. The van der Waals surface area contributed by atoms with Crippen LogP contribution in [0, 0.1) is 0 Å². The van der Waals surface area contributed by atoms with E-state index in [-0.39, 0.29) is 19.1 Å². The predicted molar refractivity (Wildman–Crippen MR) is 300 cm³/mol. The van der Waals surface area contributed by atoms with Crippen molar-refractivity contribution in [3.8, 4) is 0 Å². The Hall–Kier alpha value is -1.54. The molecule has 0 aliphatic heterocycles. The molecule has 0 radical (unpaired) electrons. The number of nitrogens with zero attached hydrogens (tertiary/aromatic N) is 1. The largest absolute Gasteiger partial charge is 0.472 e. The van der Waals surface area contributed by atoms with E-state index in [0.29, 0.717) is 17.4 Å². The zero-order chi connectivity index (χ0) is 50.6. The van der Waals surface area contributed by atoms with E-state index in [9.17, 15) is 19.4 Å². The molecular formula is C60H116N2O6P+. The van der Waals surface area contributed by atoms with Crippen molar-refractivity contribution >= 4 is 13.7 Å². The molecule has 0 bridgehead atoms. The molecule has 0 aromatic heterocycles. The molecule has 0 aromatic rings. The number of phosphoric acid groups is 1. The van der Waals surface area contributed by atoms with Crippen LogP contribution in [0.5, 0.6) is 0 Å². The molecule has 8 nitrogen and oxygen atoms in total. The highest BCUT2D eigenvalue weighted by Crippen LogP contribution is 2.43. The van der Waals surface area contributed by atoms with Crippen molar-refractivity contribution in [2.75, 3.05) is 40.9 Å². The van der Waals surface area contributed by atoms with E-state index in [4.69, 9.17) is 9.05 Å². The highest BCUT2D eigenvalue weighted by atomic mass is 31.2. The minimum absolute atomic E-state index is 0.0535. The van der Waals surface area contributed by atoms with E-state index in [1.807, 2.05) is 27.2 Å². The molecule has 1 amide bonds. The van der Waals surface area contributed by atoms with Gasteiger partial charge in [-0.1, -0.05) is 255 Å². The van der Waals surface area contributed by atoms with E-state index in [0.717, 1.165) is 51.4 Å². The van der Waals surface area contributed by atoms with Gasteiger partial charge in [0, 0.05) is 6.42 Å². The SMILES string of the molecule is CCCC/C=C/CC/C=C/CC/C=C/C(O)C(COP(=O)(O)OCC[N+](C)(C)C)NC(=O)CCCCCCCCCCCCCCCCCCC/C=C\CCCCCCCCCCCCCCCC. The first-order valence-electron chi connectivity index (χ1n) is 29.5. The minimum Gasteiger partial charge on any atom is -0.387 e. The second-order valence-corrected chi connectivity index (χ2v) is 22.8. The quantitative estimate of drug-likeness (QED) is 0.0243. The number of carbonyl (C=O) groups excluding carboxylic acids is 1. The number of aliphatic hydroxyl groups excluding tert-OH is 1. The molecule has 0 saturated carbocycles. The highest BCUT2D eigenvalue weighted by Gasteiger charge is 2.27. The molecule has 0 aliphatic rings. The number of aliphatic hydroxyl groups is 1. The lowest BCUT2D eigenvalue weighted by Crippen LogP contribution is -2.45. The molecule has 0 heterocycles. The highest BCUT2D eigenvalue weighted by molar-refractivity contribution is 7.47. The molecule has 3 atom stereocenters. The van der Waals surface area contributed by atoms with E-state index < -0.39 is 20.0 Å². The van der Waals surface area contributed by atoms with E-state index in [1.165, 1.54) is 205 Å². The van der Waals surface area contributed by atoms with Gasteiger partial charge in [0.2, 0.25) is 5.91 Å². The van der Waals surface area contributed by atoms with Crippen molar-refractivity contribution in [1.29, 1.82) is 0 Å². The summed E-state index contributed by atoms with van der Waals surface area (Å²) in [6.45, 7) is 4.75. The van der Waals surface area contributed by atoms with E-state index in [1.54, 1.807) is 6.08 Å². The Kier molecular flexibility index (Phi) is 50.2. The van der Waals surface area contributed by atoms with Gasteiger partial charge in [-0.3, -0.25) is 13.8 Å². The number of likely N-dealkylation sites (N-methyl/N-ethyl adjacent to an activating group) is 1. The number of quaternary nitrogens is 1. The maximum absolute atomic E-state index is 12.9. The van der Waals surface area contributed by atoms with Crippen LogP contribution in [0.15, 0.2) is 48.6 Å². The molecule has 3 unspecified atom stereocenters. The summed E-state index contributed by atoms with van der Waals surface area (Å²) in [7, 11) is 1.55. The van der Waals surface area contributed by atoms with Gasteiger partial charge in [0.15, 0.2) is 0 Å². The number of phosphoric ester groups is 1. The third kappa shape index (κ3) is 54.1. The monoisotopic (exact) mass is 992 g/mol. The Labute approximate surface area is 429 Å². The van der Waals surface area contributed by atoms with Crippen LogP contribution in [0.25, 0.3) is 0 Å². The summed E-state index contributed by atoms with van der Waals surface area (Å²) in [6, 6.07) is -0.868. The average Bonchev–Trinajstić information content (AvgIpc) is 3.31. The van der Waals surface area contributed by atoms with Crippen LogP contribution in [0.4, 0.5) is 0 Å². The van der Waals surface area contributed by atoms with Gasteiger partial charge in [-0.15, -0.1) is 0 Å². The molecule has 3 N–H and O–H groups in total. The van der Waals surface area contributed by atoms with E-state index >= 15 is 0 Å². The molecule has 0 spiro atoms. The third-order valence-corrected chi connectivity index (χ3v) is 14.2. The fraction of sp³-hybridized carbons (Fsp3) is 0.850. The number of hydrogen-bond donors (Lipinski definition) is 3. The third-order valence-electron chi connectivity index (χ3n) is 13.2. The lowest BCUT2D eigenvalue weighted by molar-refractivity contribution is -0.870. The molecule has 0 rings (SSSR count). The zero-order valence-electron chi connectivity index (χ0n) is 46.3. The first-order valence-corrected chi connectivity index (χ1v) is 31.0. The Morgan fingerprint density at radius 3 is 1.20 bits per heavy atom. The molecule has 0 fully saturated rings. The number of nitrogens with one attached hydrogen (secondary N) is 1. The minimum atomic E-state index is -4.35. The van der Waals surface area contributed by atoms with Crippen LogP contribution >= 0.6 is 7.82 Å². The van der Waals surface area contributed by atoms with Crippen LogP contribution in [0.1, 0.15) is 277 Å². The Morgan fingerprint density at radius 1 is 0.478 bits per heavy atom. The van der Waals surface area contributed by atoms with Gasteiger partial charge in [0.25, 0.3) is 0 Å². The first-order chi connectivity index (χ1) is 33.5. The maximum atomic E-state index is 12.9. The summed E-state index contributed by atoms with van der Waals surface area (Å²) in [5, 5.41) is 13.8. The molecule has 406 valence electrons. The van der Waals surface area contributed by atoms with Gasteiger partial charge in [0.05, 0.1) is 39.9 Å². The van der Waals surface area contributed by atoms with Crippen LogP contribution < -0.4 is 5.32 Å². The number of amides is 1. The van der Waals surface area contributed by atoms with Crippen LogP contribution in [0.2, 0.25) is 0 Å². The second-order valence-electron chi connectivity index (χ2n) is 21.3. The summed E-state index contributed by atoms with van der Waals surface area (Å²) in [5.74, 6) is -0.190. The van der Waals surface area contributed by atoms with Crippen LogP contribution in [-0.2, 0) is 18.4 Å². The number of allylic oxidation sites excluding steroid dienone is 7. The summed E-state index contributed by atoms with van der Waals surface area (Å²) < 4.78 is 23.6. The average molecular weight is 993 g/mol. The summed E-state index contributed by atoms with van der Waals surface area (Å²) >= 11 is 0. The molecular weight excluding hydrogens is 876 g/mol. The van der Waals surface area contributed by atoms with Gasteiger partial charge in [-0.25, -0.2) is 4.57 Å². The van der Waals surface area contributed by atoms with Crippen molar-refractivity contribution in [3.05, 3.63) is 48.6 Å². The van der Waals surface area contributed by atoms with Gasteiger partial charge >= 0.3 is 7.82 Å². The maximum Gasteiger partial charge on any atom is 0.472 e.